The van der Waals surface area contributed by atoms with Crippen molar-refractivity contribution < 1.29 is 27.8 Å². The van der Waals surface area contributed by atoms with Gasteiger partial charge in [-0.2, -0.15) is 0 Å². The summed E-state index contributed by atoms with van der Waals surface area (Å²) < 4.78 is 45.8. The number of nitrogens with one attached hydrogen (secondary N) is 3. The highest BCUT2D eigenvalue weighted by atomic mass is 35.5. The van der Waals surface area contributed by atoms with Crippen molar-refractivity contribution in [2.24, 2.45) is 0 Å². The number of ether oxygens (including phenoxy) is 1. The molecule has 0 spiro atoms. The summed E-state index contributed by atoms with van der Waals surface area (Å²) in [5.41, 5.74) is -0.710. The lowest BCUT2D eigenvalue weighted by molar-refractivity contribution is -0.154. The number of carbonyl (C=O) groups excluding carboxylic acids is 1. The molecule has 4 unspecified atom stereocenters. The Bertz CT molecular complexity index is 779. The Labute approximate surface area is 171 Å². The van der Waals surface area contributed by atoms with Crippen LogP contribution in [0.4, 0.5) is 13.2 Å². The molecule has 3 aliphatic carbocycles. The number of amides is 1. The molecule has 4 fully saturated rings. The molecule has 1 aromatic carbocycles. The number of carbonyl (C=O) groups is 1. The van der Waals surface area contributed by atoms with Gasteiger partial charge in [-0.1, -0.05) is 11.6 Å². The molecule has 1 aromatic rings. The summed E-state index contributed by atoms with van der Waals surface area (Å²) in [7, 11) is 0. The third-order valence-electron chi connectivity index (χ3n) is 5.94. The van der Waals surface area contributed by atoms with Crippen molar-refractivity contribution in [3.05, 3.63) is 29.0 Å². The first-order valence-corrected chi connectivity index (χ1v) is 9.93. The molecule has 6 nitrogen and oxygen atoms in total. The Morgan fingerprint density at radius 2 is 2.07 bits per heavy atom. The van der Waals surface area contributed by atoms with Crippen LogP contribution in [0.15, 0.2) is 18.2 Å². The predicted octanol–water partition coefficient (Wildman–Crippen LogP) is 1.60. The lowest BCUT2D eigenvalue weighted by Gasteiger charge is -2.71. The molecule has 1 saturated heterocycles. The van der Waals surface area contributed by atoms with E-state index >= 15 is 0 Å². The molecule has 5 rings (SSSR count). The topological polar surface area (TPSA) is 82.6 Å². The zero-order valence-electron chi connectivity index (χ0n) is 15.6. The van der Waals surface area contributed by atoms with E-state index in [0.29, 0.717) is 19.3 Å². The third-order valence-corrected chi connectivity index (χ3v) is 6.24. The van der Waals surface area contributed by atoms with Crippen LogP contribution in [0, 0.1) is 5.82 Å². The summed E-state index contributed by atoms with van der Waals surface area (Å²) >= 11 is 5.60. The van der Waals surface area contributed by atoms with E-state index < -0.39 is 30.4 Å². The van der Waals surface area contributed by atoms with Crippen LogP contribution in [0.25, 0.3) is 0 Å². The van der Waals surface area contributed by atoms with Crippen LogP contribution in [-0.4, -0.2) is 59.9 Å². The van der Waals surface area contributed by atoms with E-state index in [1.54, 1.807) is 0 Å². The largest absolute Gasteiger partial charge is 0.484 e. The van der Waals surface area contributed by atoms with E-state index in [9.17, 15) is 23.1 Å². The van der Waals surface area contributed by atoms with E-state index in [1.807, 2.05) is 0 Å². The van der Waals surface area contributed by atoms with Gasteiger partial charge in [0.2, 0.25) is 0 Å². The number of halogens is 4. The average Bonchev–Trinajstić information content (AvgIpc) is 2.59. The monoisotopic (exact) mass is 433 g/mol. The molecular formula is C19H23ClF3N3O3. The van der Waals surface area contributed by atoms with Crippen LogP contribution < -0.4 is 20.7 Å². The Balaban J connectivity index is 1.20. The summed E-state index contributed by atoms with van der Waals surface area (Å²) in [5.74, 6) is -0.751. The molecule has 10 heteroatoms. The number of hydrogen-bond acceptors (Lipinski definition) is 5. The van der Waals surface area contributed by atoms with Crippen molar-refractivity contribution in [1.82, 2.24) is 16.0 Å². The number of aliphatic hydroxyl groups is 1. The van der Waals surface area contributed by atoms with Crippen molar-refractivity contribution in [1.29, 1.82) is 0 Å². The SMILES string of the molecule is O=C(COc1ccc(Cl)c(F)c1)NC12CC(NC(O)C3NCC(F)CC3F)(C1)C2. The lowest BCUT2D eigenvalue weighted by atomic mass is 9.44. The zero-order chi connectivity index (χ0) is 20.8. The molecule has 1 aliphatic heterocycles. The van der Waals surface area contributed by atoms with Gasteiger partial charge in [-0.25, -0.2) is 13.2 Å². The van der Waals surface area contributed by atoms with Crippen molar-refractivity contribution >= 4 is 17.5 Å². The molecule has 0 radical (unpaired) electrons. The molecule has 1 heterocycles. The molecule has 160 valence electrons. The second kappa shape index (κ2) is 7.61. The quantitative estimate of drug-likeness (QED) is 0.491. The average molecular weight is 434 g/mol. The number of piperidine rings is 1. The number of alkyl halides is 2. The highest BCUT2D eigenvalue weighted by molar-refractivity contribution is 6.30. The first kappa shape index (κ1) is 20.7. The van der Waals surface area contributed by atoms with Gasteiger partial charge in [-0.05, 0) is 31.4 Å². The molecular weight excluding hydrogens is 411 g/mol. The minimum absolute atomic E-state index is 0.0222. The van der Waals surface area contributed by atoms with Crippen LogP contribution in [0.2, 0.25) is 5.02 Å². The smallest absolute Gasteiger partial charge is 0.258 e. The Kier molecular flexibility index (Phi) is 5.43. The van der Waals surface area contributed by atoms with Crippen LogP contribution in [0.5, 0.6) is 5.75 Å². The molecule has 0 aromatic heterocycles. The van der Waals surface area contributed by atoms with E-state index in [0.717, 1.165) is 6.07 Å². The van der Waals surface area contributed by atoms with Crippen molar-refractivity contribution in [3.8, 4) is 5.75 Å². The van der Waals surface area contributed by atoms with Crippen LogP contribution >= 0.6 is 11.6 Å². The zero-order valence-corrected chi connectivity index (χ0v) is 16.3. The van der Waals surface area contributed by atoms with E-state index in [-0.39, 0.29) is 47.3 Å². The van der Waals surface area contributed by atoms with Crippen LogP contribution in [0.1, 0.15) is 25.7 Å². The molecule has 3 saturated carbocycles. The van der Waals surface area contributed by atoms with Gasteiger partial charge in [0, 0.05) is 30.1 Å². The fraction of sp³-hybridized carbons (Fsp3) is 0.632. The maximum absolute atomic E-state index is 14.0. The fourth-order valence-electron chi connectivity index (χ4n) is 4.70. The Morgan fingerprint density at radius 1 is 1.34 bits per heavy atom. The normalized spacial score (nSPS) is 36.5. The van der Waals surface area contributed by atoms with Gasteiger partial charge in [0.05, 0.1) is 11.1 Å². The van der Waals surface area contributed by atoms with E-state index in [1.165, 1.54) is 12.1 Å². The molecule has 4 N–H and O–H groups in total. The summed E-state index contributed by atoms with van der Waals surface area (Å²) in [6.45, 7) is -0.236. The number of benzene rings is 1. The van der Waals surface area contributed by atoms with Gasteiger partial charge >= 0.3 is 0 Å². The number of hydrogen-bond donors (Lipinski definition) is 4. The maximum atomic E-state index is 14.0. The summed E-state index contributed by atoms with van der Waals surface area (Å²) in [6.07, 6.45) is -2.24. The summed E-state index contributed by atoms with van der Waals surface area (Å²) in [6, 6.07) is 3.08. The molecule has 29 heavy (non-hydrogen) atoms. The number of aliphatic hydroxyl groups excluding tert-OH is 1. The first-order chi connectivity index (χ1) is 13.7. The predicted molar refractivity (Wildman–Crippen MR) is 99.7 cm³/mol. The molecule has 4 atom stereocenters. The van der Waals surface area contributed by atoms with Crippen LogP contribution in [0.3, 0.4) is 0 Å². The van der Waals surface area contributed by atoms with Gasteiger partial charge < -0.3 is 20.5 Å². The second-order valence-electron chi connectivity index (χ2n) is 8.38. The lowest BCUT2D eigenvalue weighted by Crippen LogP contribution is -2.85. The van der Waals surface area contributed by atoms with Crippen LogP contribution in [-0.2, 0) is 4.79 Å². The van der Waals surface area contributed by atoms with Gasteiger partial charge in [0.15, 0.2) is 6.61 Å². The summed E-state index contributed by atoms with van der Waals surface area (Å²) in [5, 5.41) is 18.9. The van der Waals surface area contributed by atoms with Gasteiger partial charge in [-0.15, -0.1) is 0 Å². The first-order valence-electron chi connectivity index (χ1n) is 9.55. The highest BCUT2D eigenvalue weighted by Gasteiger charge is 2.69. The van der Waals surface area contributed by atoms with E-state index in [2.05, 4.69) is 16.0 Å². The Morgan fingerprint density at radius 3 is 2.72 bits per heavy atom. The minimum Gasteiger partial charge on any atom is -0.484 e. The second-order valence-corrected chi connectivity index (χ2v) is 8.78. The maximum Gasteiger partial charge on any atom is 0.258 e. The Hall–Kier alpha value is -1.55. The minimum atomic E-state index is -1.46. The van der Waals surface area contributed by atoms with Gasteiger partial charge in [0.1, 0.15) is 30.1 Å². The molecule has 1 amide bonds. The standard InChI is InChI=1S/C19H23ClF3N3O3/c20-12-2-1-11(4-13(12)22)29-6-15(27)25-18-7-19(8-18,9-18)26-17(28)16-14(23)3-10(21)5-24-16/h1-2,4,10,14,16-17,24,26,28H,3,5-9H2,(H,25,27). The van der Waals surface area contributed by atoms with Crippen molar-refractivity contribution in [2.75, 3.05) is 13.2 Å². The number of rotatable bonds is 7. The summed E-state index contributed by atoms with van der Waals surface area (Å²) in [4.78, 5) is 12.1. The molecule has 2 bridgehead atoms. The van der Waals surface area contributed by atoms with Crippen molar-refractivity contribution in [2.45, 2.75) is 61.4 Å². The highest BCUT2D eigenvalue weighted by Crippen LogP contribution is 2.60. The van der Waals surface area contributed by atoms with Gasteiger partial charge in [-0.3, -0.25) is 10.1 Å². The van der Waals surface area contributed by atoms with Crippen molar-refractivity contribution in [3.63, 3.8) is 0 Å². The fourth-order valence-corrected chi connectivity index (χ4v) is 4.82. The molecule has 4 aliphatic rings. The third kappa shape index (κ3) is 4.19. The van der Waals surface area contributed by atoms with E-state index in [4.69, 9.17) is 16.3 Å². The van der Waals surface area contributed by atoms with Gasteiger partial charge in [0.25, 0.3) is 5.91 Å².